The summed E-state index contributed by atoms with van der Waals surface area (Å²) in [5, 5.41) is 0. The summed E-state index contributed by atoms with van der Waals surface area (Å²) in [5.41, 5.74) is 2.86. The van der Waals surface area contributed by atoms with Crippen LogP contribution in [0.1, 0.15) is 39.8 Å². The second-order valence-electron chi connectivity index (χ2n) is 7.85. The molecule has 4 rings (SSSR count). The van der Waals surface area contributed by atoms with Gasteiger partial charge in [0, 0.05) is 30.9 Å². The number of aromatic nitrogens is 2. The highest BCUT2D eigenvalue weighted by atomic mass is 19.4. The van der Waals surface area contributed by atoms with E-state index in [1.807, 2.05) is 16.7 Å². The Morgan fingerprint density at radius 2 is 1.87 bits per heavy atom. The van der Waals surface area contributed by atoms with Crippen LogP contribution in [0.25, 0.3) is 11.0 Å². The predicted octanol–water partition coefficient (Wildman–Crippen LogP) is 4.76. The van der Waals surface area contributed by atoms with Crippen LogP contribution in [-0.4, -0.2) is 41.6 Å². The van der Waals surface area contributed by atoms with E-state index in [1.54, 1.807) is 13.0 Å². The topological polar surface area (TPSA) is 47.4 Å². The van der Waals surface area contributed by atoms with Crippen molar-refractivity contribution in [3.05, 3.63) is 58.4 Å². The summed E-state index contributed by atoms with van der Waals surface area (Å²) in [5.74, 6) is 0.549. The van der Waals surface area contributed by atoms with Crippen LogP contribution < -0.4 is 4.90 Å². The number of halogens is 3. The molecule has 1 saturated heterocycles. The number of anilines is 1. The summed E-state index contributed by atoms with van der Waals surface area (Å²) in [7, 11) is 0. The van der Waals surface area contributed by atoms with Crippen LogP contribution in [0.4, 0.5) is 18.9 Å². The summed E-state index contributed by atoms with van der Waals surface area (Å²) >= 11 is 0. The van der Waals surface area contributed by atoms with Crippen molar-refractivity contribution < 1.29 is 22.7 Å². The number of Topliss-reactive ketones (excluding diaryl/α,β-unsaturated/α-hetero) is 1. The van der Waals surface area contributed by atoms with Gasteiger partial charge >= 0.3 is 6.18 Å². The first-order valence-electron chi connectivity index (χ1n) is 10.2. The molecular formula is C23H24F3N3O2. The molecule has 0 spiro atoms. The number of fused-ring (bicyclic) bond motifs is 1. The second-order valence-corrected chi connectivity index (χ2v) is 7.85. The number of carbonyl (C=O) groups excluding carboxylic acids is 1. The Morgan fingerprint density at radius 3 is 2.52 bits per heavy atom. The van der Waals surface area contributed by atoms with E-state index in [-0.39, 0.29) is 17.9 Å². The van der Waals surface area contributed by atoms with Crippen LogP contribution in [0, 0.1) is 13.8 Å². The molecule has 2 aromatic carbocycles. The lowest BCUT2D eigenvalue weighted by atomic mass is 10.0. The quantitative estimate of drug-likeness (QED) is 0.559. The van der Waals surface area contributed by atoms with Gasteiger partial charge in [-0.1, -0.05) is 12.1 Å². The van der Waals surface area contributed by atoms with Crippen LogP contribution in [0.15, 0.2) is 30.3 Å². The van der Waals surface area contributed by atoms with E-state index in [0.717, 1.165) is 17.3 Å². The molecule has 3 aromatic rings. The van der Waals surface area contributed by atoms with Crippen molar-refractivity contribution in [1.82, 2.24) is 9.55 Å². The highest BCUT2D eigenvalue weighted by Crippen LogP contribution is 2.34. The molecule has 0 aliphatic carbocycles. The molecule has 0 atom stereocenters. The van der Waals surface area contributed by atoms with E-state index >= 15 is 0 Å². The van der Waals surface area contributed by atoms with Gasteiger partial charge in [0.1, 0.15) is 5.82 Å². The number of ketones is 1. The molecule has 1 fully saturated rings. The molecule has 0 unspecified atom stereocenters. The highest BCUT2D eigenvalue weighted by Gasteiger charge is 2.33. The number of imidazole rings is 1. The third kappa shape index (κ3) is 4.04. The Hall–Kier alpha value is -2.87. The first-order valence-corrected chi connectivity index (χ1v) is 10.2. The first-order chi connectivity index (χ1) is 14.7. The second kappa shape index (κ2) is 8.00. The molecule has 1 aromatic heterocycles. The van der Waals surface area contributed by atoms with Crippen LogP contribution >= 0.6 is 0 Å². The number of nitrogens with zero attached hydrogens (tertiary/aromatic N) is 3. The van der Waals surface area contributed by atoms with Gasteiger partial charge in [-0.3, -0.25) is 4.79 Å². The van der Waals surface area contributed by atoms with Crippen molar-refractivity contribution in [2.45, 2.75) is 33.5 Å². The molecule has 164 valence electrons. The maximum absolute atomic E-state index is 13.4. The maximum atomic E-state index is 13.4. The normalized spacial score (nSPS) is 15.0. The van der Waals surface area contributed by atoms with Crippen molar-refractivity contribution >= 4 is 22.5 Å². The lowest BCUT2D eigenvalue weighted by Crippen LogP contribution is -2.36. The summed E-state index contributed by atoms with van der Waals surface area (Å²) in [6, 6.07) is 8.05. The molecule has 0 amide bonds. The molecule has 0 bridgehead atoms. The van der Waals surface area contributed by atoms with E-state index in [4.69, 9.17) is 4.74 Å². The third-order valence-corrected chi connectivity index (χ3v) is 5.86. The van der Waals surface area contributed by atoms with E-state index in [0.29, 0.717) is 48.8 Å². The van der Waals surface area contributed by atoms with Crippen LogP contribution in [0.3, 0.4) is 0 Å². The van der Waals surface area contributed by atoms with Gasteiger partial charge < -0.3 is 14.2 Å². The van der Waals surface area contributed by atoms with Crippen molar-refractivity contribution in [3.8, 4) is 0 Å². The summed E-state index contributed by atoms with van der Waals surface area (Å²) in [6.07, 6.45) is -4.41. The van der Waals surface area contributed by atoms with Crippen LogP contribution in [-0.2, 0) is 17.5 Å². The Morgan fingerprint density at radius 1 is 1.16 bits per heavy atom. The number of alkyl halides is 3. The van der Waals surface area contributed by atoms with Crippen molar-refractivity contribution in [1.29, 1.82) is 0 Å². The fraction of sp³-hybridized carbons (Fsp3) is 0.391. The summed E-state index contributed by atoms with van der Waals surface area (Å²) in [6.45, 7) is 7.68. The monoisotopic (exact) mass is 431 g/mol. The molecule has 31 heavy (non-hydrogen) atoms. The van der Waals surface area contributed by atoms with Crippen molar-refractivity contribution in [3.63, 3.8) is 0 Å². The lowest BCUT2D eigenvalue weighted by molar-refractivity contribution is -0.138. The van der Waals surface area contributed by atoms with Crippen LogP contribution in [0.2, 0.25) is 0 Å². The van der Waals surface area contributed by atoms with Gasteiger partial charge in [0.25, 0.3) is 0 Å². The molecule has 5 nitrogen and oxygen atoms in total. The average molecular weight is 431 g/mol. The largest absolute Gasteiger partial charge is 0.416 e. The van der Waals surface area contributed by atoms with Gasteiger partial charge in [-0.15, -0.1) is 0 Å². The molecule has 0 saturated carbocycles. The number of carbonyl (C=O) groups is 1. The molecule has 8 heteroatoms. The number of benzene rings is 2. The van der Waals surface area contributed by atoms with Gasteiger partial charge in [0.05, 0.1) is 29.8 Å². The SMILES string of the molecule is CC(=O)c1cc(N2CCOCC2)cc2c1nc(C)n2Cc1cccc(C(F)(F)F)c1C. The minimum absolute atomic E-state index is 0.0972. The Kier molecular flexibility index (Phi) is 5.51. The van der Waals surface area contributed by atoms with E-state index in [1.165, 1.54) is 19.9 Å². The standard InChI is InChI=1S/C23H24F3N3O2/c1-14-17(5-4-6-20(14)23(24,25)26)13-29-16(3)27-22-19(15(2)30)11-18(12-21(22)29)28-7-9-31-10-8-28/h4-6,11-12H,7-10,13H2,1-3H3. The van der Waals surface area contributed by atoms with Gasteiger partial charge in [-0.25, -0.2) is 4.98 Å². The zero-order valence-corrected chi connectivity index (χ0v) is 17.7. The summed E-state index contributed by atoms with van der Waals surface area (Å²) in [4.78, 5) is 19.1. The number of rotatable bonds is 4. The minimum atomic E-state index is -4.41. The number of hydrogen-bond donors (Lipinski definition) is 0. The highest BCUT2D eigenvalue weighted by molar-refractivity contribution is 6.06. The molecule has 1 aliphatic heterocycles. The molecule has 0 radical (unpaired) electrons. The number of aryl methyl sites for hydroxylation is 1. The zero-order valence-electron chi connectivity index (χ0n) is 17.7. The maximum Gasteiger partial charge on any atom is 0.416 e. The molecule has 1 aliphatic rings. The van der Waals surface area contributed by atoms with Crippen molar-refractivity contribution in [2.75, 3.05) is 31.2 Å². The van der Waals surface area contributed by atoms with Crippen molar-refractivity contribution in [2.24, 2.45) is 0 Å². The molecule has 2 heterocycles. The van der Waals surface area contributed by atoms with Gasteiger partial charge in [0.15, 0.2) is 5.78 Å². The predicted molar refractivity (Wildman–Crippen MR) is 113 cm³/mol. The van der Waals surface area contributed by atoms with Gasteiger partial charge in [-0.05, 0) is 50.1 Å². The zero-order chi connectivity index (χ0) is 22.3. The third-order valence-electron chi connectivity index (χ3n) is 5.86. The number of ether oxygens (including phenoxy) is 1. The average Bonchev–Trinajstić information content (AvgIpc) is 3.03. The first kappa shape index (κ1) is 21.4. The Labute approximate surface area is 178 Å². The fourth-order valence-corrected chi connectivity index (χ4v) is 4.13. The smallest absolute Gasteiger partial charge is 0.378 e. The minimum Gasteiger partial charge on any atom is -0.378 e. The molecule has 0 N–H and O–H groups in total. The van der Waals surface area contributed by atoms with E-state index < -0.39 is 11.7 Å². The van der Waals surface area contributed by atoms with Gasteiger partial charge in [0.2, 0.25) is 0 Å². The Balaban J connectivity index is 1.84. The fourth-order valence-electron chi connectivity index (χ4n) is 4.13. The summed E-state index contributed by atoms with van der Waals surface area (Å²) < 4.78 is 47.4. The Bertz CT molecular complexity index is 1150. The molecular weight excluding hydrogens is 407 g/mol. The lowest BCUT2D eigenvalue weighted by Gasteiger charge is -2.29. The van der Waals surface area contributed by atoms with E-state index in [9.17, 15) is 18.0 Å². The van der Waals surface area contributed by atoms with E-state index in [2.05, 4.69) is 9.88 Å². The number of morpholine rings is 1. The number of hydrogen-bond acceptors (Lipinski definition) is 4. The van der Waals surface area contributed by atoms with Gasteiger partial charge in [-0.2, -0.15) is 13.2 Å². The van der Waals surface area contributed by atoms with Crippen LogP contribution in [0.5, 0.6) is 0 Å².